The quantitative estimate of drug-likeness (QED) is 0.337. The number of halogens is 7. The minimum absolute atomic E-state index is 0.0256. The molecular formula is C30H28F7N3O4. The fourth-order valence-corrected chi connectivity index (χ4v) is 5.19. The number of nitrogens with zero attached hydrogens (tertiary/aromatic N) is 3. The summed E-state index contributed by atoms with van der Waals surface area (Å²) in [6, 6.07) is 5.30. The van der Waals surface area contributed by atoms with Crippen LogP contribution in [-0.4, -0.2) is 53.1 Å². The van der Waals surface area contributed by atoms with Gasteiger partial charge in [-0.1, -0.05) is 6.07 Å². The number of aromatic nitrogens is 1. The second-order valence-corrected chi connectivity index (χ2v) is 11.0. The van der Waals surface area contributed by atoms with E-state index in [1.807, 2.05) is 0 Å². The zero-order valence-corrected chi connectivity index (χ0v) is 23.7. The largest absolute Gasteiger partial charge is 0.416 e. The summed E-state index contributed by atoms with van der Waals surface area (Å²) in [6.07, 6.45) is -8.98. The number of hydrogen-bond acceptors (Lipinski definition) is 6. The maximum atomic E-state index is 14.1. The minimum Gasteiger partial charge on any atom is -0.394 e. The fourth-order valence-electron chi connectivity index (χ4n) is 5.19. The van der Waals surface area contributed by atoms with Crippen molar-refractivity contribution in [1.82, 2.24) is 4.98 Å². The number of hydrogen-bond donors (Lipinski definition) is 2. The number of likely N-dealkylation sites (N-methyl/N-ethyl adjacent to an activating group) is 1. The number of carbonyl (C=O) groups is 2. The van der Waals surface area contributed by atoms with E-state index in [-0.39, 0.29) is 59.6 Å². The minimum atomic E-state index is -5.12. The van der Waals surface area contributed by atoms with Gasteiger partial charge in [-0.3, -0.25) is 9.59 Å². The Bertz CT molecular complexity index is 1560. The lowest BCUT2D eigenvalue weighted by atomic mass is 9.81. The molecule has 1 unspecified atom stereocenters. The van der Waals surface area contributed by atoms with Crippen LogP contribution in [0.25, 0.3) is 11.1 Å². The summed E-state index contributed by atoms with van der Waals surface area (Å²) >= 11 is 0. The Morgan fingerprint density at radius 2 is 1.55 bits per heavy atom. The number of ketones is 1. The van der Waals surface area contributed by atoms with Gasteiger partial charge in [-0.25, -0.2) is 9.37 Å². The smallest absolute Gasteiger partial charge is 0.394 e. The highest BCUT2D eigenvalue weighted by Gasteiger charge is 2.41. The van der Waals surface area contributed by atoms with E-state index < -0.39 is 58.8 Å². The maximum Gasteiger partial charge on any atom is 0.416 e. The topological polar surface area (TPSA) is 94.0 Å². The highest BCUT2D eigenvalue weighted by atomic mass is 19.4. The van der Waals surface area contributed by atoms with Crippen LogP contribution in [0.1, 0.15) is 42.5 Å². The molecule has 14 heteroatoms. The Hall–Kier alpha value is -4.04. The summed E-state index contributed by atoms with van der Waals surface area (Å²) in [6.45, 7) is 1.29. The van der Waals surface area contributed by atoms with E-state index in [9.17, 15) is 50.5 Å². The molecule has 0 bridgehead atoms. The summed E-state index contributed by atoms with van der Waals surface area (Å²) in [7, 11) is 1.25. The Labute approximate surface area is 247 Å². The molecule has 7 nitrogen and oxygen atoms in total. The average Bonchev–Trinajstić information content (AvgIpc) is 3.35. The van der Waals surface area contributed by atoms with Crippen LogP contribution in [0.5, 0.6) is 0 Å². The van der Waals surface area contributed by atoms with Gasteiger partial charge in [0.15, 0.2) is 5.78 Å². The molecule has 1 saturated heterocycles. The predicted molar refractivity (Wildman–Crippen MR) is 146 cm³/mol. The van der Waals surface area contributed by atoms with Crippen molar-refractivity contribution in [3.8, 4) is 11.1 Å². The molecule has 1 fully saturated rings. The zero-order chi connectivity index (χ0) is 32.8. The van der Waals surface area contributed by atoms with E-state index in [4.69, 9.17) is 0 Å². The van der Waals surface area contributed by atoms with Crippen LogP contribution >= 0.6 is 0 Å². The third-order valence-electron chi connectivity index (χ3n) is 7.66. The van der Waals surface area contributed by atoms with Crippen LogP contribution in [0.3, 0.4) is 0 Å². The molecule has 2 aromatic carbocycles. The molecule has 1 aliphatic heterocycles. The Balaban J connectivity index is 1.86. The lowest BCUT2D eigenvalue weighted by Crippen LogP contribution is -2.42. The molecule has 2 N–H and O–H groups in total. The van der Waals surface area contributed by atoms with Gasteiger partial charge in [-0.05, 0) is 66.9 Å². The van der Waals surface area contributed by atoms with E-state index in [0.29, 0.717) is 12.1 Å². The second-order valence-electron chi connectivity index (χ2n) is 11.0. The first kappa shape index (κ1) is 32.9. The molecule has 236 valence electrons. The Morgan fingerprint density at radius 1 is 0.955 bits per heavy atom. The zero-order valence-electron chi connectivity index (χ0n) is 23.7. The molecule has 4 rings (SSSR count). The van der Waals surface area contributed by atoms with Gasteiger partial charge >= 0.3 is 12.4 Å². The lowest BCUT2D eigenvalue weighted by molar-refractivity contribution is -0.143. The highest BCUT2D eigenvalue weighted by molar-refractivity contribution is 6.03. The number of carbonyl (C=O) groups excluding carboxylic acids is 2. The highest BCUT2D eigenvalue weighted by Crippen LogP contribution is 2.41. The van der Waals surface area contributed by atoms with Crippen molar-refractivity contribution in [3.63, 3.8) is 0 Å². The first-order valence-corrected chi connectivity index (χ1v) is 13.3. The monoisotopic (exact) mass is 627 g/mol. The molecule has 0 saturated carbocycles. The number of benzene rings is 2. The van der Waals surface area contributed by atoms with Crippen LogP contribution in [0.15, 0.2) is 48.7 Å². The van der Waals surface area contributed by atoms with Crippen molar-refractivity contribution in [1.29, 1.82) is 0 Å². The fraction of sp³-hybridized carbons (Fsp3) is 0.367. The molecule has 44 heavy (non-hydrogen) atoms. The van der Waals surface area contributed by atoms with Gasteiger partial charge in [-0.2, -0.15) is 26.3 Å². The van der Waals surface area contributed by atoms with Crippen molar-refractivity contribution >= 4 is 23.2 Å². The second kappa shape index (κ2) is 11.8. The number of pyridine rings is 1. The van der Waals surface area contributed by atoms with Crippen LogP contribution in [0.2, 0.25) is 0 Å². The van der Waals surface area contributed by atoms with Gasteiger partial charge < -0.3 is 20.0 Å². The molecule has 0 spiro atoms. The first-order valence-electron chi connectivity index (χ1n) is 13.3. The molecule has 0 aliphatic carbocycles. The van der Waals surface area contributed by atoms with Crippen molar-refractivity contribution < 1.29 is 50.5 Å². The van der Waals surface area contributed by atoms with Crippen molar-refractivity contribution in [3.05, 3.63) is 76.7 Å². The molecule has 1 amide bonds. The van der Waals surface area contributed by atoms with E-state index in [1.54, 1.807) is 0 Å². The van der Waals surface area contributed by atoms with Crippen molar-refractivity contribution in [2.45, 2.75) is 50.7 Å². The molecule has 0 radical (unpaired) electrons. The van der Waals surface area contributed by atoms with Gasteiger partial charge in [0, 0.05) is 19.0 Å². The van der Waals surface area contributed by atoms with Crippen molar-refractivity contribution in [2.24, 2.45) is 0 Å². The summed E-state index contributed by atoms with van der Waals surface area (Å²) in [5, 5.41) is 19.7. The first-order chi connectivity index (χ1) is 20.4. The van der Waals surface area contributed by atoms with Gasteiger partial charge in [0.05, 0.1) is 54.2 Å². The van der Waals surface area contributed by atoms with Crippen molar-refractivity contribution in [2.75, 3.05) is 30.0 Å². The molecular weight excluding hydrogens is 599 g/mol. The number of anilines is 2. The molecule has 2 heterocycles. The van der Waals surface area contributed by atoms with Crippen LogP contribution in [0.4, 0.5) is 42.2 Å². The number of alkyl halides is 6. The van der Waals surface area contributed by atoms with E-state index in [1.165, 1.54) is 44.1 Å². The molecule has 3 aromatic rings. The lowest BCUT2D eigenvalue weighted by Gasteiger charge is -2.32. The third kappa shape index (κ3) is 6.41. The van der Waals surface area contributed by atoms with E-state index in [0.717, 1.165) is 17.0 Å². The van der Waals surface area contributed by atoms with Gasteiger partial charge in [0.25, 0.3) is 0 Å². The predicted octanol–water partition coefficient (Wildman–Crippen LogP) is 5.50. The normalized spacial score (nSPS) is 16.0. The maximum absolute atomic E-state index is 14.1. The Kier molecular flexibility index (Phi) is 8.82. The number of amides is 1. The Morgan fingerprint density at radius 3 is 2.09 bits per heavy atom. The summed E-state index contributed by atoms with van der Waals surface area (Å²) in [5.41, 5.74) is -5.05. The summed E-state index contributed by atoms with van der Waals surface area (Å²) in [4.78, 5) is 32.9. The summed E-state index contributed by atoms with van der Waals surface area (Å²) in [5.74, 6) is -1.54. The van der Waals surface area contributed by atoms with Gasteiger partial charge in [0.2, 0.25) is 5.91 Å². The van der Waals surface area contributed by atoms with Crippen LogP contribution in [-0.2, 0) is 34.0 Å². The number of rotatable bonds is 7. The number of aliphatic hydroxyl groups excluding tert-OH is 2. The van der Waals surface area contributed by atoms with Gasteiger partial charge in [0.1, 0.15) is 11.6 Å². The van der Waals surface area contributed by atoms with E-state index in [2.05, 4.69) is 4.98 Å². The van der Waals surface area contributed by atoms with Crippen LogP contribution < -0.4 is 9.80 Å². The van der Waals surface area contributed by atoms with E-state index >= 15 is 0 Å². The third-order valence-corrected chi connectivity index (χ3v) is 7.66. The molecule has 1 aromatic heterocycles. The average molecular weight is 628 g/mol. The number of Topliss-reactive ketones (excluding diaryl/α,β-unsaturated/α-hetero) is 1. The van der Waals surface area contributed by atoms with Crippen LogP contribution in [0, 0.1) is 5.82 Å². The molecule has 1 atom stereocenters. The summed E-state index contributed by atoms with van der Waals surface area (Å²) < 4.78 is 95.5. The number of aliphatic hydroxyl groups is 2. The standard InChI is InChI=1S/C30H28F7N3O4/c1-28(2,17-7-18(29(32,33)34)9-19(8-17)30(35,36)37)27(44)39(3)25-12-38-26(40-13-22(43)10-21(40)15-42)11-24(25)23-5-4-20(31)6-16(23)14-41/h4-9,11-12,21,41-42H,10,13-15H2,1-3H3. The molecule has 1 aliphatic rings. The van der Waals surface area contributed by atoms with Gasteiger partial charge in [-0.15, -0.1) is 0 Å². The SMILES string of the molecule is CN(C(=O)C(C)(C)c1cc(C(F)(F)F)cc(C(F)(F)F)c1)c1cnc(N2CC(=O)CC2CO)cc1-c1ccc(F)cc1CO.